The molecule has 0 atom stereocenters. The molecule has 0 amide bonds. The molecule has 1 aromatic heterocycles. The topological polar surface area (TPSA) is 98.6 Å². The van der Waals surface area contributed by atoms with Crippen LogP contribution in [-0.2, 0) is 26.0 Å². The molecule has 0 fully saturated rings. The molecule has 0 aliphatic carbocycles. The van der Waals surface area contributed by atoms with Gasteiger partial charge in [-0.1, -0.05) is 18.2 Å². The number of ketones is 1. The van der Waals surface area contributed by atoms with Gasteiger partial charge in [0.2, 0.25) is 10.0 Å². The second-order valence-electron chi connectivity index (χ2n) is 8.48. The van der Waals surface area contributed by atoms with E-state index in [0.29, 0.717) is 30.6 Å². The Morgan fingerprint density at radius 3 is 2.57 bits per heavy atom. The zero-order valence-electron chi connectivity index (χ0n) is 19.9. The standard InChI is InChI=1S/C26H27N3O5S/c1-18-23(19(2)29(27-18)22-9-5-4-6-10-22)12-14-26(31)34-17-25(30)21-11-13-24-20(16-21)8-7-15-28(24)35(3,32)33/h4-6,9-14,16H,7-8,15,17H2,1-3H3. The predicted molar refractivity (Wildman–Crippen MR) is 134 cm³/mol. The van der Waals surface area contributed by atoms with Gasteiger partial charge in [-0.2, -0.15) is 5.10 Å². The summed E-state index contributed by atoms with van der Waals surface area (Å²) >= 11 is 0. The maximum Gasteiger partial charge on any atom is 0.331 e. The smallest absolute Gasteiger partial charge is 0.331 e. The number of sulfonamides is 1. The second kappa shape index (κ2) is 9.87. The summed E-state index contributed by atoms with van der Waals surface area (Å²) in [6.45, 7) is 3.80. The van der Waals surface area contributed by atoms with Crippen LogP contribution in [0.4, 0.5) is 5.69 Å². The Kier molecular flexibility index (Phi) is 6.88. The molecule has 2 aromatic carbocycles. The SMILES string of the molecule is Cc1nn(-c2ccccc2)c(C)c1C=CC(=O)OCC(=O)c1ccc2c(c1)CCCN2S(C)(=O)=O. The van der Waals surface area contributed by atoms with E-state index in [2.05, 4.69) is 5.10 Å². The average molecular weight is 494 g/mol. The van der Waals surface area contributed by atoms with Crippen molar-refractivity contribution in [1.29, 1.82) is 0 Å². The highest BCUT2D eigenvalue weighted by Crippen LogP contribution is 2.30. The number of fused-ring (bicyclic) bond motifs is 1. The minimum absolute atomic E-state index is 0.352. The van der Waals surface area contributed by atoms with Gasteiger partial charge < -0.3 is 4.74 Å². The first-order valence-electron chi connectivity index (χ1n) is 11.3. The van der Waals surface area contributed by atoms with Gasteiger partial charge in [-0.15, -0.1) is 0 Å². The van der Waals surface area contributed by atoms with E-state index in [-0.39, 0.29) is 5.78 Å². The molecular formula is C26H27N3O5S. The number of aryl methyl sites for hydroxylation is 2. The van der Waals surface area contributed by atoms with Crippen LogP contribution in [0.3, 0.4) is 0 Å². The summed E-state index contributed by atoms with van der Waals surface area (Å²) in [6.07, 6.45) is 5.46. The van der Waals surface area contributed by atoms with Crippen molar-refractivity contribution in [1.82, 2.24) is 9.78 Å². The summed E-state index contributed by atoms with van der Waals surface area (Å²) in [6, 6.07) is 14.6. The Morgan fingerprint density at radius 1 is 1.11 bits per heavy atom. The van der Waals surface area contributed by atoms with Crippen molar-refractivity contribution in [3.05, 3.63) is 82.7 Å². The zero-order chi connectivity index (χ0) is 25.2. The third-order valence-corrected chi connectivity index (χ3v) is 7.14. The molecule has 1 aliphatic heterocycles. The van der Waals surface area contributed by atoms with Crippen molar-refractivity contribution in [2.75, 3.05) is 23.7 Å². The molecule has 0 N–H and O–H groups in total. The molecule has 1 aliphatic rings. The van der Waals surface area contributed by atoms with Gasteiger partial charge in [0, 0.05) is 29.4 Å². The molecule has 0 saturated heterocycles. The third kappa shape index (κ3) is 5.35. The van der Waals surface area contributed by atoms with E-state index in [0.717, 1.165) is 28.2 Å². The van der Waals surface area contributed by atoms with E-state index in [1.807, 2.05) is 48.9 Å². The third-order valence-electron chi connectivity index (χ3n) is 5.96. The number of carbonyl (C=O) groups is 2. The van der Waals surface area contributed by atoms with Crippen LogP contribution in [0, 0.1) is 13.8 Å². The number of esters is 1. The van der Waals surface area contributed by atoms with Gasteiger partial charge >= 0.3 is 5.97 Å². The van der Waals surface area contributed by atoms with Crippen LogP contribution in [0.15, 0.2) is 54.6 Å². The zero-order valence-corrected chi connectivity index (χ0v) is 20.7. The van der Waals surface area contributed by atoms with Gasteiger partial charge in [-0.05, 0) is 68.7 Å². The molecule has 9 heteroatoms. The molecule has 8 nitrogen and oxygen atoms in total. The van der Waals surface area contributed by atoms with Crippen LogP contribution in [0.25, 0.3) is 11.8 Å². The van der Waals surface area contributed by atoms with Gasteiger partial charge in [-0.25, -0.2) is 17.9 Å². The molecule has 182 valence electrons. The molecule has 0 unspecified atom stereocenters. The van der Waals surface area contributed by atoms with Gasteiger partial charge in [0.15, 0.2) is 12.4 Å². The summed E-state index contributed by atoms with van der Waals surface area (Å²) in [4.78, 5) is 24.9. The Labute approximate surface area is 204 Å². The van der Waals surface area contributed by atoms with E-state index in [9.17, 15) is 18.0 Å². The summed E-state index contributed by atoms with van der Waals surface area (Å²) in [5.41, 5.74) is 5.14. The molecular weight excluding hydrogens is 466 g/mol. The summed E-state index contributed by atoms with van der Waals surface area (Å²) in [5.74, 6) is -0.985. The number of benzene rings is 2. The van der Waals surface area contributed by atoms with Crippen LogP contribution in [0.1, 0.15) is 39.3 Å². The average Bonchev–Trinajstić information content (AvgIpc) is 3.13. The highest BCUT2D eigenvalue weighted by atomic mass is 32.2. The van der Waals surface area contributed by atoms with E-state index < -0.39 is 22.6 Å². The minimum atomic E-state index is -3.38. The lowest BCUT2D eigenvalue weighted by molar-refractivity contribution is -0.136. The number of hydrogen-bond acceptors (Lipinski definition) is 6. The van der Waals surface area contributed by atoms with Gasteiger partial charge in [0.25, 0.3) is 0 Å². The normalized spacial score (nSPS) is 13.6. The number of Topliss-reactive ketones (excluding diaryl/α,β-unsaturated/α-hetero) is 1. The van der Waals surface area contributed by atoms with Crippen LogP contribution in [0.5, 0.6) is 0 Å². The largest absolute Gasteiger partial charge is 0.454 e. The fourth-order valence-electron chi connectivity index (χ4n) is 4.22. The van der Waals surface area contributed by atoms with Gasteiger partial charge in [0.1, 0.15) is 0 Å². The molecule has 35 heavy (non-hydrogen) atoms. The fraction of sp³-hybridized carbons (Fsp3) is 0.269. The Hall–Kier alpha value is -3.72. The Balaban J connectivity index is 1.41. The predicted octanol–water partition coefficient (Wildman–Crippen LogP) is 3.64. The van der Waals surface area contributed by atoms with Crippen molar-refractivity contribution in [2.24, 2.45) is 0 Å². The Morgan fingerprint density at radius 2 is 1.86 bits per heavy atom. The van der Waals surface area contributed by atoms with Crippen molar-refractivity contribution in [2.45, 2.75) is 26.7 Å². The first-order valence-corrected chi connectivity index (χ1v) is 13.1. The molecule has 0 radical (unpaired) electrons. The monoisotopic (exact) mass is 493 g/mol. The number of para-hydroxylation sites is 1. The number of nitrogens with zero attached hydrogens (tertiary/aromatic N) is 3. The van der Waals surface area contributed by atoms with Crippen molar-refractivity contribution in [3.63, 3.8) is 0 Å². The number of carbonyl (C=O) groups excluding carboxylic acids is 2. The number of ether oxygens (including phenoxy) is 1. The Bertz CT molecular complexity index is 1410. The van der Waals surface area contributed by atoms with Crippen LogP contribution in [-0.4, -0.2) is 49.4 Å². The number of rotatable bonds is 7. The first-order chi connectivity index (χ1) is 16.6. The number of anilines is 1. The molecule has 0 bridgehead atoms. The van der Waals surface area contributed by atoms with Crippen molar-refractivity contribution in [3.8, 4) is 5.69 Å². The minimum Gasteiger partial charge on any atom is -0.454 e. The fourth-order valence-corrected chi connectivity index (χ4v) is 5.21. The summed E-state index contributed by atoms with van der Waals surface area (Å²) < 4.78 is 32.4. The van der Waals surface area contributed by atoms with Crippen LogP contribution >= 0.6 is 0 Å². The molecule has 4 rings (SSSR count). The van der Waals surface area contributed by atoms with Crippen LogP contribution in [0.2, 0.25) is 0 Å². The number of aromatic nitrogens is 2. The van der Waals surface area contributed by atoms with Crippen molar-refractivity contribution >= 4 is 33.5 Å². The summed E-state index contributed by atoms with van der Waals surface area (Å²) in [5, 5.41) is 4.55. The maximum absolute atomic E-state index is 12.6. The molecule has 2 heterocycles. The number of hydrogen-bond donors (Lipinski definition) is 0. The summed E-state index contributed by atoms with van der Waals surface area (Å²) in [7, 11) is -3.38. The highest BCUT2D eigenvalue weighted by Gasteiger charge is 2.24. The van der Waals surface area contributed by atoms with E-state index in [1.165, 1.54) is 16.6 Å². The lowest BCUT2D eigenvalue weighted by atomic mass is 9.99. The highest BCUT2D eigenvalue weighted by molar-refractivity contribution is 7.92. The van der Waals surface area contributed by atoms with Crippen LogP contribution < -0.4 is 4.31 Å². The lowest BCUT2D eigenvalue weighted by Gasteiger charge is -2.29. The van der Waals surface area contributed by atoms with Gasteiger partial charge in [-0.3, -0.25) is 9.10 Å². The van der Waals surface area contributed by atoms with Gasteiger partial charge in [0.05, 0.1) is 23.3 Å². The molecule has 0 saturated carbocycles. The van der Waals surface area contributed by atoms with E-state index in [4.69, 9.17) is 4.74 Å². The van der Waals surface area contributed by atoms with E-state index in [1.54, 1.807) is 24.3 Å². The van der Waals surface area contributed by atoms with E-state index >= 15 is 0 Å². The molecule has 3 aromatic rings. The molecule has 0 spiro atoms. The maximum atomic E-state index is 12.6. The lowest BCUT2D eigenvalue weighted by Crippen LogP contribution is -2.34. The second-order valence-corrected chi connectivity index (χ2v) is 10.4. The quantitative estimate of drug-likeness (QED) is 0.283. The first kappa shape index (κ1) is 24.4. The van der Waals surface area contributed by atoms with Crippen molar-refractivity contribution < 1.29 is 22.7 Å².